The van der Waals surface area contributed by atoms with E-state index in [0.717, 1.165) is 28.4 Å². The average Bonchev–Trinajstić information content (AvgIpc) is 3.30. The normalized spacial score (nSPS) is 11.7. The summed E-state index contributed by atoms with van der Waals surface area (Å²) >= 11 is 1.17. The third-order valence-corrected chi connectivity index (χ3v) is 5.42. The summed E-state index contributed by atoms with van der Waals surface area (Å²) in [5.41, 5.74) is 6.81. The number of pyridine rings is 1. The lowest BCUT2D eigenvalue weighted by atomic mass is 10.1. The fourth-order valence-corrected chi connectivity index (χ4v) is 3.81. The number of benzene rings is 1. The first-order valence-electron chi connectivity index (χ1n) is 8.48. The van der Waals surface area contributed by atoms with Crippen molar-refractivity contribution in [1.29, 1.82) is 0 Å². The van der Waals surface area contributed by atoms with Gasteiger partial charge >= 0.3 is 6.18 Å². The molecule has 0 saturated carbocycles. The van der Waals surface area contributed by atoms with Crippen LogP contribution in [0.1, 0.15) is 20.8 Å². The molecule has 5 nitrogen and oxygen atoms in total. The van der Waals surface area contributed by atoms with Gasteiger partial charge in [0, 0.05) is 12.3 Å². The molecular weight excluding hydrogens is 403 g/mol. The summed E-state index contributed by atoms with van der Waals surface area (Å²) in [4.78, 5) is 17.1. The van der Waals surface area contributed by atoms with E-state index in [0.29, 0.717) is 5.56 Å². The maximum Gasteiger partial charge on any atom is 0.416 e. The van der Waals surface area contributed by atoms with Gasteiger partial charge < -0.3 is 10.5 Å². The second kappa shape index (κ2) is 7.25. The number of nitrogens with two attached hydrogens (primary N) is 1. The molecule has 0 spiro atoms. The van der Waals surface area contributed by atoms with Crippen LogP contribution in [-0.2, 0) is 12.8 Å². The van der Waals surface area contributed by atoms with Crippen LogP contribution in [0, 0.1) is 0 Å². The number of halogens is 3. The topological polar surface area (TPSA) is 69.6 Å². The Morgan fingerprint density at radius 1 is 1.17 bits per heavy atom. The molecule has 0 radical (unpaired) electrons. The quantitative estimate of drug-likeness (QED) is 0.509. The summed E-state index contributed by atoms with van der Waals surface area (Å²) in [6, 6.07) is 11.9. The van der Waals surface area contributed by atoms with Crippen molar-refractivity contribution in [1.82, 2.24) is 9.38 Å². The van der Waals surface area contributed by atoms with Gasteiger partial charge in [0.05, 0.1) is 22.3 Å². The predicted molar refractivity (Wildman–Crippen MR) is 103 cm³/mol. The highest BCUT2D eigenvalue weighted by molar-refractivity contribution is 7.17. The van der Waals surface area contributed by atoms with Gasteiger partial charge in [-0.05, 0) is 29.8 Å². The molecular formula is C20H14F3N3O2S. The predicted octanol–water partition coefficient (Wildman–Crippen LogP) is 4.76. The standard InChI is InChI=1S/C20H14F3N3O2S/c21-20(22,23)13-6-4-12(5-7-13)11-28-15-9-16(29-18(15)19(24)27)14-10-25-17-3-1-2-8-26(14)17/h1-10H,11H2,(H2,24,27). The van der Waals surface area contributed by atoms with Gasteiger partial charge in [0.1, 0.15) is 22.9 Å². The monoisotopic (exact) mass is 417 g/mol. The number of amides is 1. The summed E-state index contributed by atoms with van der Waals surface area (Å²) < 4.78 is 45.6. The van der Waals surface area contributed by atoms with E-state index in [4.69, 9.17) is 10.5 Å². The van der Waals surface area contributed by atoms with Gasteiger partial charge in [-0.15, -0.1) is 11.3 Å². The number of hydrogen-bond acceptors (Lipinski definition) is 4. The van der Waals surface area contributed by atoms with Crippen molar-refractivity contribution >= 4 is 22.9 Å². The van der Waals surface area contributed by atoms with Crippen molar-refractivity contribution in [2.75, 3.05) is 0 Å². The lowest BCUT2D eigenvalue weighted by Gasteiger charge is -2.09. The number of hydrogen-bond donors (Lipinski definition) is 1. The molecule has 2 N–H and O–H groups in total. The van der Waals surface area contributed by atoms with Crippen LogP contribution in [0.4, 0.5) is 13.2 Å². The Hall–Kier alpha value is -3.33. The number of primary amides is 1. The van der Waals surface area contributed by atoms with E-state index in [1.54, 1.807) is 12.3 Å². The van der Waals surface area contributed by atoms with E-state index in [1.807, 2.05) is 28.8 Å². The fourth-order valence-electron chi connectivity index (χ4n) is 2.85. The largest absolute Gasteiger partial charge is 0.487 e. The van der Waals surface area contributed by atoms with Gasteiger partial charge in [0.2, 0.25) is 0 Å². The highest BCUT2D eigenvalue weighted by atomic mass is 32.1. The number of fused-ring (bicyclic) bond motifs is 1. The Morgan fingerprint density at radius 3 is 2.62 bits per heavy atom. The molecule has 0 saturated heterocycles. The van der Waals surface area contributed by atoms with Crippen LogP contribution in [0.25, 0.3) is 16.2 Å². The van der Waals surface area contributed by atoms with E-state index in [1.165, 1.54) is 23.5 Å². The van der Waals surface area contributed by atoms with Gasteiger partial charge in [-0.1, -0.05) is 18.2 Å². The summed E-state index contributed by atoms with van der Waals surface area (Å²) in [6.45, 7) is 0.00173. The van der Waals surface area contributed by atoms with Crippen LogP contribution >= 0.6 is 11.3 Å². The number of rotatable bonds is 5. The first kappa shape index (κ1) is 19.0. The number of carbonyl (C=O) groups is 1. The first-order valence-corrected chi connectivity index (χ1v) is 9.29. The van der Waals surface area contributed by atoms with Crippen molar-refractivity contribution in [3.05, 3.63) is 76.9 Å². The summed E-state index contributed by atoms with van der Waals surface area (Å²) in [5.74, 6) is -0.360. The molecule has 29 heavy (non-hydrogen) atoms. The Morgan fingerprint density at radius 2 is 1.93 bits per heavy atom. The molecule has 0 aliphatic heterocycles. The van der Waals surface area contributed by atoms with Crippen LogP contribution in [0.5, 0.6) is 5.75 Å². The molecule has 4 rings (SSSR count). The molecule has 3 aromatic heterocycles. The zero-order chi connectivity index (χ0) is 20.6. The van der Waals surface area contributed by atoms with E-state index >= 15 is 0 Å². The number of imidazole rings is 1. The highest BCUT2D eigenvalue weighted by Gasteiger charge is 2.30. The van der Waals surface area contributed by atoms with E-state index in [9.17, 15) is 18.0 Å². The molecule has 9 heteroatoms. The lowest BCUT2D eigenvalue weighted by Crippen LogP contribution is -2.10. The molecule has 0 aliphatic rings. The number of carbonyl (C=O) groups excluding carboxylic acids is 1. The van der Waals surface area contributed by atoms with Crippen LogP contribution in [0.15, 0.2) is 60.9 Å². The summed E-state index contributed by atoms with van der Waals surface area (Å²) in [7, 11) is 0. The minimum absolute atomic E-state index is 0.00173. The van der Waals surface area contributed by atoms with Crippen molar-refractivity contribution in [2.45, 2.75) is 12.8 Å². The van der Waals surface area contributed by atoms with Crippen molar-refractivity contribution < 1.29 is 22.7 Å². The third kappa shape index (κ3) is 3.81. The van der Waals surface area contributed by atoms with Gasteiger partial charge in [-0.25, -0.2) is 4.98 Å². The molecule has 3 heterocycles. The number of thiophene rings is 1. The molecule has 1 amide bonds. The second-order valence-electron chi connectivity index (χ2n) is 6.22. The fraction of sp³-hybridized carbons (Fsp3) is 0.100. The number of nitrogens with zero attached hydrogens (tertiary/aromatic N) is 2. The zero-order valence-corrected chi connectivity index (χ0v) is 15.6. The zero-order valence-electron chi connectivity index (χ0n) is 14.8. The van der Waals surface area contributed by atoms with Crippen LogP contribution in [0.3, 0.4) is 0 Å². The molecule has 0 unspecified atom stereocenters. The van der Waals surface area contributed by atoms with Crippen molar-refractivity contribution in [3.63, 3.8) is 0 Å². The lowest BCUT2D eigenvalue weighted by molar-refractivity contribution is -0.137. The van der Waals surface area contributed by atoms with Crippen molar-refractivity contribution in [2.24, 2.45) is 5.73 Å². The molecule has 0 fully saturated rings. The average molecular weight is 417 g/mol. The SMILES string of the molecule is NC(=O)c1sc(-c2cnc3ccccn23)cc1OCc1ccc(C(F)(F)F)cc1. The molecule has 0 atom stereocenters. The maximum absolute atomic E-state index is 12.7. The summed E-state index contributed by atoms with van der Waals surface area (Å²) in [5, 5.41) is 0. The van der Waals surface area contributed by atoms with E-state index in [-0.39, 0.29) is 17.2 Å². The number of ether oxygens (including phenoxy) is 1. The minimum atomic E-state index is -4.39. The van der Waals surface area contributed by atoms with E-state index < -0.39 is 17.6 Å². The first-order chi connectivity index (χ1) is 13.8. The molecule has 0 aliphatic carbocycles. The molecule has 0 bridgehead atoms. The Bertz CT molecular complexity index is 1180. The van der Waals surface area contributed by atoms with Crippen LogP contribution in [-0.4, -0.2) is 15.3 Å². The minimum Gasteiger partial charge on any atom is -0.487 e. The van der Waals surface area contributed by atoms with E-state index in [2.05, 4.69) is 4.98 Å². The summed E-state index contributed by atoms with van der Waals surface area (Å²) in [6.07, 6.45) is -0.857. The number of aromatic nitrogens is 2. The second-order valence-corrected chi connectivity index (χ2v) is 7.28. The smallest absolute Gasteiger partial charge is 0.416 e. The van der Waals surface area contributed by atoms with Crippen LogP contribution in [0.2, 0.25) is 0 Å². The maximum atomic E-state index is 12.7. The van der Waals surface area contributed by atoms with Crippen molar-refractivity contribution in [3.8, 4) is 16.3 Å². The van der Waals surface area contributed by atoms with Gasteiger partial charge in [0.15, 0.2) is 0 Å². The van der Waals surface area contributed by atoms with Gasteiger partial charge in [0.25, 0.3) is 5.91 Å². The number of alkyl halides is 3. The third-order valence-electron chi connectivity index (χ3n) is 4.27. The van der Waals surface area contributed by atoms with Crippen LogP contribution < -0.4 is 10.5 Å². The van der Waals surface area contributed by atoms with Gasteiger partial charge in [-0.3, -0.25) is 9.20 Å². The Kier molecular flexibility index (Phi) is 4.75. The van der Waals surface area contributed by atoms with Gasteiger partial charge in [-0.2, -0.15) is 13.2 Å². The molecule has 4 aromatic rings. The molecule has 148 valence electrons. The Balaban J connectivity index is 1.60. The highest BCUT2D eigenvalue weighted by Crippen LogP contribution is 2.37. The Labute approximate surface area is 167 Å². The molecule has 1 aromatic carbocycles.